The maximum Gasteiger partial charge on any atom is 0.410 e. The lowest BCUT2D eigenvalue weighted by atomic mass is 9.82. The zero-order chi connectivity index (χ0) is 16.4. The minimum atomic E-state index is -0.409. The summed E-state index contributed by atoms with van der Waals surface area (Å²) in [6, 6.07) is 0. The van der Waals surface area contributed by atoms with Crippen LogP contribution in [0.3, 0.4) is 0 Å². The fourth-order valence-electron chi connectivity index (χ4n) is 3.61. The zero-order valence-corrected chi connectivity index (χ0v) is 15.0. The average molecular weight is 311 g/mol. The molecule has 0 saturated carbocycles. The summed E-state index contributed by atoms with van der Waals surface area (Å²) in [7, 11) is 2.20. The van der Waals surface area contributed by atoms with Gasteiger partial charge < -0.3 is 14.5 Å². The lowest BCUT2D eigenvalue weighted by Gasteiger charge is -2.51. The lowest BCUT2D eigenvalue weighted by molar-refractivity contribution is -0.0219. The third-order valence-corrected chi connectivity index (χ3v) is 5.18. The Bertz CT molecular complexity index is 376. The summed E-state index contributed by atoms with van der Waals surface area (Å²) in [5, 5.41) is 0. The number of ether oxygens (including phenoxy) is 1. The first-order chi connectivity index (χ1) is 10.3. The summed E-state index contributed by atoms with van der Waals surface area (Å²) in [4.78, 5) is 19.2. The highest BCUT2D eigenvalue weighted by Crippen LogP contribution is 2.33. The average Bonchev–Trinajstić information content (AvgIpc) is 2.46. The van der Waals surface area contributed by atoms with Crippen LogP contribution < -0.4 is 0 Å². The van der Waals surface area contributed by atoms with Crippen LogP contribution >= 0.6 is 0 Å². The molecule has 0 aromatic rings. The summed E-state index contributed by atoms with van der Waals surface area (Å²) in [5.41, 5.74) is -0.131. The van der Waals surface area contributed by atoms with E-state index in [4.69, 9.17) is 4.74 Å². The molecule has 0 aromatic carbocycles. The van der Waals surface area contributed by atoms with Gasteiger partial charge in [0, 0.05) is 44.8 Å². The first kappa shape index (κ1) is 17.5. The summed E-state index contributed by atoms with van der Waals surface area (Å²) in [6.07, 6.45) is 3.13. The normalized spacial score (nSPS) is 24.3. The van der Waals surface area contributed by atoms with Crippen LogP contribution in [0.4, 0.5) is 4.79 Å². The molecule has 5 heteroatoms. The van der Waals surface area contributed by atoms with Crippen LogP contribution in [0.2, 0.25) is 0 Å². The Morgan fingerprint density at radius 1 is 1.05 bits per heavy atom. The van der Waals surface area contributed by atoms with Gasteiger partial charge in [-0.1, -0.05) is 6.92 Å². The van der Waals surface area contributed by atoms with Crippen molar-refractivity contribution in [3.63, 3.8) is 0 Å². The van der Waals surface area contributed by atoms with Crippen molar-refractivity contribution in [2.45, 2.75) is 58.1 Å². The highest BCUT2D eigenvalue weighted by Gasteiger charge is 2.40. The second kappa shape index (κ2) is 6.75. The predicted molar refractivity (Wildman–Crippen MR) is 89.1 cm³/mol. The van der Waals surface area contributed by atoms with Crippen molar-refractivity contribution in [3.8, 4) is 0 Å². The standard InChI is InChI=1S/C17H33N3O2/c1-6-17(20-13-11-18(5)12-14-20)7-9-19(10-8-17)15(21)22-16(2,3)4/h6-14H2,1-5H3. The van der Waals surface area contributed by atoms with E-state index in [9.17, 15) is 4.79 Å². The first-order valence-corrected chi connectivity index (χ1v) is 8.67. The van der Waals surface area contributed by atoms with Gasteiger partial charge in [0.15, 0.2) is 0 Å². The van der Waals surface area contributed by atoms with E-state index in [1.54, 1.807) is 0 Å². The minimum Gasteiger partial charge on any atom is -0.444 e. The number of likely N-dealkylation sites (tertiary alicyclic amines) is 1. The Balaban J connectivity index is 1.92. The van der Waals surface area contributed by atoms with Gasteiger partial charge in [-0.05, 0) is 47.1 Å². The SMILES string of the molecule is CCC1(N2CCN(C)CC2)CCN(C(=O)OC(C)(C)C)CC1. The molecule has 2 fully saturated rings. The molecule has 2 rings (SSSR count). The lowest BCUT2D eigenvalue weighted by Crippen LogP contribution is -2.60. The molecule has 0 spiro atoms. The van der Waals surface area contributed by atoms with Crippen LogP contribution in [0, 0.1) is 0 Å². The van der Waals surface area contributed by atoms with Gasteiger partial charge in [-0.3, -0.25) is 4.90 Å². The number of hydrogen-bond acceptors (Lipinski definition) is 4. The van der Waals surface area contributed by atoms with E-state index in [2.05, 4.69) is 23.8 Å². The Labute approximate surface area is 135 Å². The summed E-state index contributed by atoms with van der Waals surface area (Å²) < 4.78 is 5.51. The fraction of sp³-hybridized carbons (Fsp3) is 0.941. The third kappa shape index (κ3) is 4.13. The number of likely N-dealkylation sites (N-methyl/N-ethyl adjacent to an activating group) is 1. The Hall–Kier alpha value is -0.810. The maximum absolute atomic E-state index is 12.2. The van der Waals surface area contributed by atoms with E-state index in [1.807, 2.05) is 25.7 Å². The second-order valence-corrected chi connectivity index (χ2v) is 7.84. The van der Waals surface area contributed by atoms with E-state index in [1.165, 1.54) is 6.42 Å². The summed E-state index contributed by atoms with van der Waals surface area (Å²) in [6.45, 7) is 14.3. The first-order valence-electron chi connectivity index (χ1n) is 8.67. The second-order valence-electron chi connectivity index (χ2n) is 7.84. The van der Waals surface area contributed by atoms with Crippen LogP contribution in [0.1, 0.15) is 47.0 Å². The molecule has 0 aromatic heterocycles. The number of piperidine rings is 1. The molecule has 128 valence electrons. The van der Waals surface area contributed by atoms with Gasteiger partial charge in [0.2, 0.25) is 0 Å². The Kier molecular flexibility index (Phi) is 5.38. The smallest absolute Gasteiger partial charge is 0.410 e. The third-order valence-electron chi connectivity index (χ3n) is 5.18. The topological polar surface area (TPSA) is 36.0 Å². The zero-order valence-electron chi connectivity index (χ0n) is 15.0. The molecule has 0 atom stereocenters. The van der Waals surface area contributed by atoms with Crippen molar-refractivity contribution in [1.29, 1.82) is 0 Å². The summed E-state index contributed by atoms with van der Waals surface area (Å²) in [5.74, 6) is 0. The molecule has 0 N–H and O–H groups in total. The van der Waals surface area contributed by atoms with Gasteiger partial charge in [0.05, 0.1) is 0 Å². The molecule has 1 amide bonds. The quantitative estimate of drug-likeness (QED) is 0.785. The number of carbonyl (C=O) groups excluding carboxylic acids is 1. The number of piperazine rings is 1. The molecule has 2 saturated heterocycles. The monoisotopic (exact) mass is 311 g/mol. The predicted octanol–water partition coefficient (Wildman–Crippen LogP) is 2.41. The maximum atomic E-state index is 12.2. The molecule has 0 unspecified atom stereocenters. The number of nitrogens with zero attached hydrogens (tertiary/aromatic N) is 3. The fourth-order valence-corrected chi connectivity index (χ4v) is 3.61. The van der Waals surface area contributed by atoms with E-state index in [-0.39, 0.29) is 11.6 Å². The van der Waals surface area contributed by atoms with Crippen LogP contribution in [0.15, 0.2) is 0 Å². The van der Waals surface area contributed by atoms with Crippen molar-refractivity contribution in [2.24, 2.45) is 0 Å². The Morgan fingerprint density at radius 2 is 1.59 bits per heavy atom. The van der Waals surface area contributed by atoms with Crippen LogP contribution in [0.5, 0.6) is 0 Å². The minimum absolute atomic E-state index is 0.157. The van der Waals surface area contributed by atoms with Crippen LogP contribution in [0.25, 0.3) is 0 Å². The van der Waals surface area contributed by atoms with Gasteiger partial charge in [-0.15, -0.1) is 0 Å². The number of hydrogen-bond donors (Lipinski definition) is 0. The van der Waals surface area contributed by atoms with Crippen molar-refractivity contribution >= 4 is 6.09 Å². The van der Waals surface area contributed by atoms with E-state index < -0.39 is 5.60 Å². The van der Waals surface area contributed by atoms with Crippen LogP contribution in [-0.2, 0) is 4.74 Å². The van der Waals surface area contributed by atoms with Crippen molar-refractivity contribution in [1.82, 2.24) is 14.7 Å². The molecule has 2 aliphatic heterocycles. The van der Waals surface area contributed by atoms with E-state index in [0.717, 1.165) is 52.1 Å². The summed E-state index contributed by atoms with van der Waals surface area (Å²) >= 11 is 0. The molecular formula is C17H33N3O2. The number of amides is 1. The van der Waals surface area contributed by atoms with Crippen molar-refractivity contribution < 1.29 is 9.53 Å². The molecule has 0 aliphatic carbocycles. The van der Waals surface area contributed by atoms with Gasteiger partial charge in [0.25, 0.3) is 0 Å². The molecular weight excluding hydrogens is 278 g/mol. The molecule has 22 heavy (non-hydrogen) atoms. The van der Waals surface area contributed by atoms with Crippen molar-refractivity contribution in [3.05, 3.63) is 0 Å². The van der Waals surface area contributed by atoms with Gasteiger partial charge >= 0.3 is 6.09 Å². The van der Waals surface area contributed by atoms with Gasteiger partial charge in [-0.2, -0.15) is 0 Å². The van der Waals surface area contributed by atoms with Crippen molar-refractivity contribution in [2.75, 3.05) is 46.3 Å². The molecule has 0 radical (unpaired) electrons. The van der Waals surface area contributed by atoms with E-state index in [0.29, 0.717) is 0 Å². The molecule has 2 aliphatic rings. The largest absolute Gasteiger partial charge is 0.444 e. The highest BCUT2D eigenvalue weighted by molar-refractivity contribution is 5.68. The van der Waals surface area contributed by atoms with Crippen LogP contribution in [-0.4, -0.2) is 78.2 Å². The highest BCUT2D eigenvalue weighted by atomic mass is 16.6. The Morgan fingerprint density at radius 3 is 2.05 bits per heavy atom. The molecule has 5 nitrogen and oxygen atoms in total. The molecule has 0 bridgehead atoms. The molecule has 2 heterocycles. The number of rotatable bonds is 2. The van der Waals surface area contributed by atoms with E-state index >= 15 is 0 Å². The van der Waals surface area contributed by atoms with Gasteiger partial charge in [-0.25, -0.2) is 4.79 Å². The van der Waals surface area contributed by atoms with Gasteiger partial charge in [0.1, 0.15) is 5.60 Å². The number of carbonyl (C=O) groups is 1.